The molecular formula is C25H40N4O. The van der Waals surface area contributed by atoms with Crippen molar-refractivity contribution in [2.75, 3.05) is 46.4 Å². The third kappa shape index (κ3) is 5.98. The molecule has 2 aliphatic heterocycles. The van der Waals surface area contributed by atoms with E-state index in [2.05, 4.69) is 50.4 Å². The van der Waals surface area contributed by atoms with Gasteiger partial charge in [-0.2, -0.15) is 0 Å². The van der Waals surface area contributed by atoms with Crippen molar-refractivity contribution in [2.45, 2.75) is 57.6 Å². The molecule has 1 N–H and O–H groups in total. The van der Waals surface area contributed by atoms with Crippen LogP contribution in [-0.4, -0.2) is 68.2 Å². The minimum atomic E-state index is 0.429. The molecular weight excluding hydrogens is 372 g/mol. The van der Waals surface area contributed by atoms with E-state index >= 15 is 0 Å². The highest BCUT2D eigenvalue weighted by atomic mass is 16.5. The van der Waals surface area contributed by atoms with Gasteiger partial charge >= 0.3 is 0 Å². The Morgan fingerprint density at radius 2 is 1.73 bits per heavy atom. The number of aliphatic imine (C=N–C) groups is 1. The van der Waals surface area contributed by atoms with Crippen LogP contribution >= 0.6 is 0 Å². The van der Waals surface area contributed by atoms with E-state index in [1.165, 1.54) is 44.3 Å². The number of rotatable bonds is 7. The maximum atomic E-state index is 6.18. The molecule has 2 saturated heterocycles. The van der Waals surface area contributed by atoms with E-state index in [0.29, 0.717) is 6.10 Å². The van der Waals surface area contributed by atoms with Gasteiger partial charge in [0, 0.05) is 52.9 Å². The van der Waals surface area contributed by atoms with Crippen LogP contribution < -0.4 is 5.32 Å². The quantitative estimate of drug-likeness (QED) is 0.421. The van der Waals surface area contributed by atoms with Crippen molar-refractivity contribution in [3.8, 4) is 0 Å². The molecule has 0 spiro atoms. The first kappa shape index (κ1) is 21.6. The van der Waals surface area contributed by atoms with E-state index in [9.17, 15) is 0 Å². The summed E-state index contributed by atoms with van der Waals surface area (Å²) in [4.78, 5) is 9.58. The smallest absolute Gasteiger partial charge is 0.193 e. The summed E-state index contributed by atoms with van der Waals surface area (Å²) in [6.45, 7) is 7.53. The summed E-state index contributed by atoms with van der Waals surface area (Å²) in [6, 6.07) is 10.8. The molecule has 0 aromatic heterocycles. The monoisotopic (exact) mass is 412 g/mol. The van der Waals surface area contributed by atoms with Gasteiger partial charge in [-0.1, -0.05) is 43.2 Å². The first-order valence-corrected chi connectivity index (χ1v) is 12.2. The van der Waals surface area contributed by atoms with E-state index in [4.69, 9.17) is 4.74 Å². The molecule has 5 nitrogen and oxygen atoms in total. The number of guanidine groups is 1. The van der Waals surface area contributed by atoms with Crippen LogP contribution in [0.25, 0.3) is 0 Å². The predicted molar refractivity (Wildman–Crippen MR) is 124 cm³/mol. The lowest BCUT2D eigenvalue weighted by molar-refractivity contribution is 0.00531. The molecule has 1 aromatic rings. The summed E-state index contributed by atoms with van der Waals surface area (Å²) in [5.41, 5.74) is 1.41. The average Bonchev–Trinajstić information content (AvgIpc) is 3.22. The SMILES string of the molecule is CN=C(NCCCOC1CCN(Cc2ccccc2)CC1)N1CC2CCCCC2C1. The number of nitrogens with one attached hydrogen (secondary N) is 1. The second kappa shape index (κ2) is 11.1. The molecule has 0 radical (unpaired) electrons. The summed E-state index contributed by atoms with van der Waals surface area (Å²) in [7, 11) is 1.92. The van der Waals surface area contributed by atoms with Gasteiger partial charge in [0.15, 0.2) is 5.96 Å². The van der Waals surface area contributed by atoms with Crippen molar-refractivity contribution in [1.82, 2.24) is 15.1 Å². The maximum absolute atomic E-state index is 6.18. The first-order chi connectivity index (χ1) is 14.8. The van der Waals surface area contributed by atoms with Gasteiger partial charge in [-0.3, -0.25) is 9.89 Å². The first-order valence-electron chi connectivity index (χ1n) is 12.2. The zero-order chi connectivity index (χ0) is 20.6. The molecule has 1 saturated carbocycles. The highest BCUT2D eigenvalue weighted by Gasteiger charge is 2.35. The van der Waals surface area contributed by atoms with Gasteiger partial charge in [-0.25, -0.2) is 0 Å². The maximum Gasteiger partial charge on any atom is 0.193 e. The molecule has 0 bridgehead atoms. The summed E-state index contributed by atoms with van der Waals surface area (Å²) >= 11 is 0. The number of piperidine rings is 1. The second-order valence-corrected chi connectivity index (χ2v) is 9.37. The summed E-state index contributed by atoms with van der Waals surface area (Å²) in [6.07, 6.45) is 9.44. The fourth-order valence-corrected chi connectivity index (χ4v) is 5.51. The molecule has 1 aromatic carbocycles. The van der Waals surface area contributed by atoms with Crippen molar-refractivity contribution < 1.29 is 4.74 Å². The van der Waals surface area contributed by atoms with Crippen LogP contribution in [0.2, 0.25) is 0 Å². The normalized spacial score (nSPS) is 26.0. The molecule has 3 fully saturated rings. The van der Waals surface area contributed by atoms with Gasteiger partial charge < -0.3 is 15.0 Å². The third-order valence-electron chi connectivity index (χ3n) is 7.23. The molecule has 2 unspecified atom stereocenters. The van der Waals surface area contributed by atoms with E-state index in [-0.39, 0.29) is 0 Å². The van der Waals surface area contributed by atoms with Gasteiger partial charge in [0.05, 0.1) is 6.10 Å². The number of hydrogen-bond donors (Lipinski definition) is 1. The fraction of sp³-hybridized carbons (Fsp3) is 0.720. The summed E-state index contributed by atoms with van der Waals surface area (Å²) in [5, 5.41) is 3.58. The number of likely N-dealkylation sites (tertiary alicyclic amines) is 2. The second-order valence-electron chi connectivity index (χ2n) is 9.37. The zero-order valence-electron chi connectivity index (χ0n) is 18.8. The van der Waals surface area contributed by atoms with Crippen LogP contribution in [0.5, 0.6) is 0 Å². The van der Waals surface area contributed by atoms with Crippen LogP contribution in [0.15, 0.2) is 35.3 Å². The molecule has 2 atom stereocenters. The minimum absolute atomic E-state index is 0.429. The van der Waals surface area contributed by atoms with Gasteiger partial charge in [0.25, 0.3) is 0 Å². The lowest BCUT2D eigenvalue weighted by atomic mass is 9.82. The molecule has 4 rings (SSSR count). The van der Waals surface area contributed by atoms with E-state index in [1.54, 1.807) is 0 Å². The van der Waals surface area contributed by atoms with Crippen molar-refractivity contribution >= 4 is 5.96 Å². The van der Waals surface area contributed by atoms with Gasteiger partial charge in [-0.15, -0.1) is 0 Å². The van der Waals surface area contributed by atoms with Gasteiger partial charge in [0.1, 0.15) is 0 Å². The zero-order valence-corrected chi connectivity index (χ0v) is 18.8. The van der Waals surface area contributed by atoms with Gasteiger partial charge in [-0.05, 0) is 49.5 Å². The molecule has 3 aliphatic rings. The summed E-state index contributed by atoms with van der Waals surface area (Å²) in [5.74, 6) is 2.89. The van der Waals surface area contributed by atoms with Crippen LogP contribution in [0.1, 0.15) is 50.5 Å². The fourth-order valence-electron chi connectivity index (χ4n) is 5.51. The van der Waals surface area contributed by atoms with E-state index in [1.807, 2.05) is 7.05 Å². The van der Waals surface area contributed by atoms with Crippen molar-refractivity contribution in [3.63, 3.8) is 0 Å². The number of hydrogen-bond acceptors (Lipinski definition) is 3. The molecule has 166 valence electrons. The Labute approximate surface area is 182 Å². The highest BCUT2D eigenvalue weighted by Crippen LogP contribution is 2.35. The van der Waals surface area contributed by atoms with Crippen molar-refractivity contribution in [1.29, 1.82) is 0 Å². The van der Waals surface area contributed by atoms with E-state index < -0.39 is 0 Å². The number of fused-ring (bicyclic) bond motifs is 1. The predicted octanol–water partition coefficient (Wildman–Crippen LogP) is 3.76. The lowest BCUT2D eigenvalue weighted by Crippen LogP contribution is -2.41. The Balaban J connectivity index is 1.08. The van der Waals surface area contributed by atoms with Crippen molar-refractivity contribution in [2.24, 2.45) is 16.8 Å². The molecule has 1 aliphatic carbocycles. The third-order valence-corrected chi connectivity index (χ3v) is 7.23. The summed E-state index contributed by atoms with van der Waals surface area (Å²) < 4.78 is 6.18. The van der Waals surface area contributed by atoms with Crippen molar-refractivity contribution in [3.05, 3.63) is 35.9 Å². The number of benzene rings is 1. The van der Waals surface area contributed by atoms with Crippen LogP contribution in [0.3, 0.4) is 0 Å². The standard InChI is InChI=1S/C25H40N4O/c1-26-25(29-19-22-10-5-6-11-23(22)20-29)27-14-7-17-30-24-12-15-28(16-13-24)18-21-8-3-2-4-9-21/h2-4,8-9,22-24H,5-7,10-20H2,1H3,(H,26,27). The Kier molecular flexibility index (Phi) is 8.04. The minimum Gasteiger partial charge on any atom is -0.378 e. The highest BCUT2D eigenvalue weighted by molar-refractivity contribution is 5.80. The van der Waals surface area contributed by atoms with Crippen LogP contribution in [-0.2, 0) is 11.3 Å². The Morgan fingerprint density at radius 3 is 2.40 bits per heavy atom. The van der Waals surface area contributed by atoms with Crippen LogP contribution in [0, 0.1) is 11.8 Å². The Bertz CT molecular complexity index is 642. The molecule has 5 heteroatoms. The van der Waals surface area contributed by atoms with E-state index in [0.717, 1.165) is 69.8 Å². The van der Waals surface area contributed by atoms with Crippen LogP contribution in [0.4, 0.5) is 0 Å². The topological polar surface area (TPSA) is 40.1 Å². The molecule has 2 heterocycles. The van der Waals surface area contributed by atoms with Gasteiger partial charge in [0.2, 0.25) is 0 Å². The number of nitrogens with zero attached hydrogens (tertiary/aromatic N) is 3. The Hall–Kier alpha value is -1.59. The average molecular weight is 413 g/mol. The molecule has 30 heavy (non-hydrogen) atoms. The molecule has 0 amide bonds. The number of ether oxygens (including phenoxy) is 1. The lowest BCUT2D eigenvalue weighted by Gasteiger charge is -2.32. The Morgan fingerprint density at radius 1 is 1.03 bits per heavy atom. The largest absolute Gasteiger partial charge is 0.378 e.